The normalized spacial score (nSPS) is 16.6. The summed E-state index contributed by atoms with van der Waals surface area (Å²) in [6.07, 6.45) is 5.26. The fourth-order valence-electron chi connectivity index (χ4n) is 4.03. The van der Waals surface area contributed by atoms with Crippen LogP contribution in [0.1, 0.15) is 40.0 Å². The first kappa shape index (κ1) is 17.9. The Hall–Kier alpha value is -2.18. The summed E-state index contributed by atoms with van der Waals surface area (Å²) in [5.74, 6) is 2.02. The monoisotopic (exact) mass is 407 g/mol. The number of thioether (sulfide) groups is 1. The Balaban J connectivity index is 1.47. The van der Waals surface area contributed by atoms with Gasteiger partial charge >= 0.3 is 0 Å². The molecule has 0 fully saturated rings. The summed E-state index contributed by atoms with van der Waals surface area (Å²) >= 11 is 3.36. The van der Waals surface area contributed by atoms with E-state index in [1.54, 1.807) is 11.8 Å². The van der Waals surface area contributed by atoms with Crippen molar-refractivity contribution in [1.82, 2.24) is 15.0 Å². The number of hydrogen-bond donors (Lipinski definition) is 1. The third kappa shape index (κ3) is 3.05. The van der Waals surface area contributed by atoms with Crippen LogP contribution in [0.25, 0.3) is 21.1 Å². The van der Waals surface area contributed by atoms with Crippen molar-refractivity contribution >= 4 is 50.0 Å². The summed E-state index contributed by atoms with van der Waals surface area (Å²) in [5, 5.41) is 3.14. The number of carbonyl (C=O) groups excluding carboxylic acids is 1. The number of para-hydroxylation sites is 1. The van der Waals surface area contributed by atoms with Crippen LogP contribution in [0.15, 0.2) is 35.5 Å². The number of fused-ring (bicyclic) bond motifs is 4. The first-order chi connectivity index (χ1) is 13.6. The van der Waals surface area contributed by atoms with Crippen LogP contribution in [0.3, 0.4) is 0 Å². The molecular weight excluding hydrogens is 386 g/mol. The van der Waals surface area contributed by atoms with E-state index in [-0.39, 0.29) is 5.78 Å². The Kier molecular flexibility index (Phi) is 4.48. The van der Waals surface area contributed by atoms with Crippen molar-refractivity contribution in [2.75, 3.05) is 5.75 Å². The second-order valence-electron chi connectivity index (χ2n) is 7.57. The quantitative estimate of drug-likeness (QED) is 0.272. The number of Topliss-reactive ketones (excluding diaryl/α,β-unsaturated/α-hetero) is 1. The van der Waals surface area contributed by atoms with E-state index in [2.05, 4.69) is 16.9 Å². The van der Waals surface area contributed by atoms with Gasteiger partial charge in [0.1, 0.15) is 15.7 Å². The van der Waals surface area contributed by atoms with Crippen LogP contribution in [-0.4, -0.2) is 26.5 Å². The van der Waals surface area contributed by atoms with Crippen molar-refractivity contribution in [2.45, 2.75) is 38.1 Å². The van der Waals surface area contributed by atoms with Crippen LogP contribution in [0.4, 0.5) is 0 Å². The van der Waals surface area contributed by atoms with Gasteiger partial charge in [0.25, 0.3) is 0 Å². The predicted octanol–water partition coefficient (Wildman–Crippen LogP) is 5.58. The summed E-state index contributed by atoms with van der Waals surface area (Å²) < 4.78 is 0. The smallest absolute Gasteiger partial charge is 0.175 e. The van der Waals surface area contributed by atoms with Crippen molar-refractivity contribution in [2.24, 2.45) is 5.92 Å². The predicted molar refractivity (Wildman–Crippen MR) is 117 cm³/mol. The molecule has 0 amide bonds. The Morgan fingerprint density at radius 3 is 3.07 bits per heavy atom. The minimum absolute atomic E-state index is 0.129. The Morgan fingerprint density at radius 2 is 2.18 bits per heavy atom. The molecule has 0 saturated carbocycles. The lowest BCUT2D eigenvalue weighted by molar-refractivity contribution is 0.102. The van der Waals surface area contributed by atoms with E-state index >= 15 is 0 Å². The molecule has 1 atom stereocenters. The number of hydrogen-bond acceptors (Lipinski definition) is 5. The van der Waals surface area contributed by atoms with E-state index in [0.717, 1.165) is 50.9 Å². The van der Waals surface area contributed by atoms with E-state index in [1.165, 1.54) is 22.2 Å². The lowest BCUT2D eigenvalue weighted by Gasteiger charge is -2.18. The molecule has 3 heterocycles. The van der Waals surface area contributed by atoms with Crippen LogP contribution in [0, 0.1) is 12.8 Å². The molecule has 4 nitrogen and oxygen atoms in total. The van der Waals surface area contributed by atoms with Crippen molar-refractivity contribution in [3.8, 4) is 0 Å². The number of carbonyl (C=O) groups is 1. The molecule has 0 bridgehead atoms. The van der Waals surface area contributed by atoms with Gasteiger partial charge in [-0.1, -0.05) is 36.9 Å². The SMILES string of the molecule is Cc1nc(SCC(=O)c2c[nH]c3ccccc23)c2c3c(sc2n1)C[C@H](C)CC3. The molecule has 0 aliphatic heterocycles. The molecule has 1 aromatic carbocycles. The lowest BCUT2D eigenvalue weighted by atomic mass is 9.89. The second-order valence-corrected chi connectivity index (χ2v) is 9.62. The maximum absolute atomic E-state index is 12.9. The maximum atomic E-state index is 12.9. The average Bonchev–Trinajstić information content (AvgIpc) is 3.26. The zero-order chi connectivity index (χ0) is 19.3. The molecule has 142 valence electrons. The van der Waals surface area contributed by atoms with E-state index in [0.29, 0.717) is 5.75 Å². The number of rotatable bonds is 4. The van der Waals surface area contributed by atoms with Gasteiger partial charge in [-0.25, -0.2) is 9.97 Å². The van der Waals surface area contributed by atoms with E-state index in [4.69, 9.17) is 4.98 Å². The van der Waals surface area contributed by atoms with Gasteiger partial charge in [-0.05, 0) is 43.7 Å². The highest BCUT2D eigenvalue weighted by Crippen LogP contribution is 2.41. The minimum Gasteiger partial charge on any atom is -0.360 e. The topological polar surface area (TPSA) is 58.6 Å². The summed E-state index contributed by atoms with van der Waals surface area (Å²) in [6, 6.07) is 7.93. The highest BCUT2D eigenvalue weighted by molar-refractivity contribution is 8.00. The molecule has 28 heavy (non-hydrogen) atoms. The zero-order valence-electron chi connectivity index (χ0n) is 15.9. The number of ketones is 1. The first-order valence-corrected chi connectivity index (χ1v) is 11.4. The Morgan fingerprint density at radius 1 is 1.32 bits per heavy atom. The van der Waals surface area contributed by atoms with Gasteiger partial charge in [0.2, 0.25) is 0 Å². The van der Waals surface area contributed by atoms with Crippen molar-refractivity contribution in [1.29, 1.82) is 0 Å². The van der Waals surface area contributed by atoms with E-state index in [9.17, 15) is 4.79 Å². The molecule has 1 aliphatic rings. The van der Waals surface area contributed by atoms with Crippen LogP contribution >= 0.6 is 23.1 Å². The number of aromatic amines is 1. The van der Waals surface area contributed by atoms with Crippen LogP contribution in [0.2, 0.25) is 0 Å². The zero-order valence-corrected chi connectivity index (χ0v) is 17.5. The molecule has 0 unspecified atom stereocenters. The lowest BCUT2D eigenvalue weighted by Crippen LogP contribution is -2.09. The van der Waals surface area contributed by atoms with Crippen LogP contribution in [0.5, 0.6) is 0 Å². The van der Waals surface area contributed by atoms with Gasteiger partial charge in [0.15, 0.2) is 5.78 Å². The standard InChI is InChI=1S/C22H21N3OS2/c1-12-7-8-15-19(9-12)28-22-20(15)21(24-13(2)25-22)27-11-18(26)16-10-23-17-6-4-3-5-14(16)17/h3-6,10,12,23H,7-9,11H2,1-2H3/t12-/m1/s1. The summed E-state index contributed by atoms with van der Waals surface area (Å²) in [5.41, 5.74) is 3.17. The number of thiophene rings is 1. The fourth-order valence-corrected chi connectivity index (χ4v) is 6.51. The fraction of sp³-hybridized carbons (Fsp3) is 0.318. The molecule has 1 aliphatic carbocycles. The average molecular weight is 408 g/mol. The number of benzene rings is 1. The highest BCUT2D eigenvalue weighted by Gasteiger charge is 2.24. The van der Waals surface area contributed by atoms with Crippen LogP contribution < -0.4 is 0 Å². The van der Waals surface area contributed by atoms with Gasteiger partial charge in [-0.15, -0.1) is 11.3 Å². The molecule has 4 aromatic rings. The van der Waals surface area contributed by atoms with Crippen LogP contribution in [-0.2, 0) is 12.8 Å². The third-order valence-electron chi connectivity index (χ3n) is 5.46. The van der Waals surface area contributed by atoms with Gasteiger partial charge in [0.05, 0.1) is 5.75 Å². The van der Waals surface area contributed by atoms with Gasteiger partial charge < -0.3 is 4.98 Å². The molecule has 6 heteroatoms. The number of H-pyrrole nitrogens is 1. The van der Waals surface area contributed by atoms with Gasteiger partial charge in [0, 0.05) is 32.9 Å². The number of nitrogens with zero attached hydrogens (tertiary/aromatic N) is 2. The molecule has 0 spiro atoms. The molecular formula is C22H21N3OS2. The van der Waals surface area contributed by atoms with E-state index in [1.807, 2.05) is 48.7 Å². The molecule has 5 rings (SSSR count). The number of aromatic nitrogens is 3. The summed E-state index contributed by atoms with van der Waals surface area (Å²) in [7, 11) is 0. The Bertz CT molecular complexity index is 1210. The second kappa shape index (κ2) is 7.01. The summed E-state index contributed by atoms with van der Waals surface area (Å²) in [4.78, 5) is 28.0. The first-order valence-electron chi connectivity index (χ1n) is 9.61. The number of nitrogens with one attached hydrogen (secondary N) is 1. The van der Waals surface area contributed by atoms with Gasteiger partial charge in [-0.3, -0.25) is 4.79 Å². The summed E-state index contributed by atoms with van der Waals surface area (Å²) in [6.45, 7) is 4.26. The highest BCUT2D eigenvalue weighted by atomic mass is 32.2. The molecule has 0 saturated heterocycles. The largest absolute Gasteiger partial charge is 0.360 e. The maximum Gasteiger partial charge on any atom is 0.175 e. The minimum atomic E-state index is 0.129. The number of aryl methyl sites for hydroxylation is 2. The van der Waals surface area contributed by atoms with E-state index < -0.39 is 0 Å². The third-order valence-corrected chi connectivity index (χ3v) is 7.59. The van der Waals surface area contributed by atoms with Crippen molar-refractivity contribution < 1.29 is 4.79 Å². The van der Waals surface area contributed by atoms with Crippen molar-refractivity contribution in [3.63, 3.8) is 0 Å². The molecule has 0 radical (unpaired) electrons. The molecule has 3 aromatic heterocycles. The van der Waals surface area contributed by atoms with Gasteiger partial charge in [-0.2, -0.15) is 0 Å². The molecule has 1 N–H and O–H groups in total. The Labute approximate surface area is 171 Å². The van der Waals surface area contributed by atoms with Crippen molar-refractivity contribution in [3.05, 3.63) is 52.3 Å².